The van der Waals surface area contributed by atoms with Crippen LogP contribution in [-0.2, 0) is 4.74 Å². The second kappa shape index (κ2) is 3.69. The predicted molar refractivity (Wildman–Crippen MR) is 55.2 cm³/mol. The lowest BCUT2D eigenvalue weighted by Gasteiger charge is -2.02. The van der Waals surface area contributed by atoms with Gasteiger partial charge in [-0.3, -0.25) is 0 Å². The number of carbonyl (C=O) groups is 1. The highest BCUT2D eigenvalue weighted by atomic mass is 19.1. The van der Waals surface area contributed by atoms with Gasteiger partial charge in [0.1, 0.15) is 5.82 Å². The third-order valence-electron chi connectivity index (χ3n) is 2.25. The Morgan fingerprint density at radius 2 is 2.07 bits per heavy atom. The van der Waals surface area contributed by atoms with E-state index in [0.717, 1.165) is 5.39 Å². The van der Waals surface area contributed by atoms with Crippen molar-refractivity contribution in [3.63, 3.8) is 0 Å². The van der Waals surface area contributed by atoms with Crippen LogP contribution >= 0.6 is 0 Å². The Labute approximate surface area is 86.3 Å². The molecule has 0 aromatic heterocycles. The second-order valence-electron chi connectivity index (χ2n) is 3.17. The summed E-state index contributed by atoms with van der Waals surface area (Å²) in [6.07, 6.45) is 0. The maximum absolute atomic E-state index is 13.4. The molecule has 0 saturated heterocycles. The van der Waals surface area contributed by atoms with Gasteiger partial charge in [-0.15, -0.1) is 0 Å². The Bertz CT molecular complexity index is 520. The van der Waals surface area contributed by atoms with Crippen molar-refractivity contribution >= 4 is 16.7 Å². The zero-order valence-electron chi connectivity index (χ0n) is 8.16. The van der Waals surface area contributed by atoms with Gasteiger partial charge in [-0.1, -0.05) is 18.2 Å². The number of carbonyl (C=O) groups excluding carboxylic acids is 1. The molecule has 76 valence electrons. The minimum atomic E-state index is -0.458. The fourth-order valence-electron chi connectivity index (χ4n) is 1.48. The number of esters is 1. The molecule has 0 aliphatic rings. The molecular weight excluding hydrogens is 195 g/mol. The SMILES string of the molecule is COC(=O)c1ccc2cccc(F)c2c1. The van der Waals surface area contributed by atoms with Gasteiger partial charge >= 0.3 is 5.97 Å². The molecule has 0 N–H and O–H groups in total. The Morgan fingerprint density at radius 1 is 1.27 bits per heavy atom. The molecule has 0 atom stereocenters. The Hall–Kier alpha value is -1.90. The van der Waals surface area contributed by atoms with Crippen LogP contribution in [0.25, 0.3) is 10.8 Å². The van der Waals surface area contributed by atoms with Crippen molar-refractivity contribution in [3.8, 4) is 0 Å². The lowest BCUT2D eigenvalue weighted by Crippen LogP contribution is -2.00. The minimum Gasteiger partial charge on any atom is -0.465 e. The number of hydrogen-bond acceptors (Lipinski definition) is 2. The zero-order valence-corrected chi connectivity index (χ0v) is 8.16. The summed E-state index contributed by atoms with van der Waals surface area (Å²) in [4.78, 5) is 11.2. The van der Waals surface area contributed by atoms with Crippen molar-refractivity contribution in [1.29, 1.82) is 0 Å². The fourth-order valence-corrected chi connectivity index (χ4v) is 1.48. The molecule has 0 amide bonds. The number of fused-ring (bicyclic) bond motifs is 1. The van der Waals surface area contributed by atoms with E-state index in [9.17, 15) is 9.18 Å². The van der Waals surface area contributed by atoms with E-state index >= 15 is 0 Å². The molecule has 15 heavy (non-hydrogen) atoms. The lowest BCUT2D eigenvalue weighted by atomic mass is 10.1. The molecule has 0 spiro atoms. The Morgan fingerprint density at radius 3 is 2.80 bits per heavy atom. The molecule has 0 aliphatic carbocycles. The second-order valence-corrected chi connectivity index (χ2v) is 3.17. The summed E-state index contributed by atoms with van der Waals surface area (Å²) in [6, 6.07) is 9.60. The molecule has 2 aromatic rings. The highest BCUT2D eigenvalue weighted by Gasteiger charge is 2.07. The molecule has 0 fully saturated rings. The van der Waals surface area contributed by atoms with Gasteiger partial charge < -0.3 is 4.74 Å². The van der Waals surface area contributed by atoms with Crippen LogP contribution < -0.4 is 0 Å². The molecule has 0 aliphatic heterocycles. The first-order chi connectivity index (χ1) is 7.22. The number of ether oxygens (including phenoxy) is 1. The largest absolute Gasteiger partial charge is 0.465 e. The van der Waals surface area contributed by atoms with Gasteiger partial charge in [0.15, 0.2) is 0 Å². The van der Waals surface area contributed by atoms with Gasteiger partial charge in [0, 0.05) is 5.39 Å². The fraction of sp³-hybridized carbons (Fsp3) is 0.0833. The van der Waals surface area contributed by atoms with Crippen molar-refractivity contribution in [2.45, 2.75) is 0 Å². The first-order valence-electron chi connectivity index (χ1n) is 4.49. The Balaban J connectivity index is 2.64. The number of halogens is 1. The van der Waals surface area contributed by atoms with Crippen LogP contribution in [0.4, 0.5) is 4.39 Å². The van der Waals surface area contributed by atoms with Crippen LogP contribution in [0.3, 0.4) is 0 Å². The average molecular weight is 204 g/mol. The summed E-state index contributed by atoms with van der Waals surface area (Å²) in [7, 11) is 1.30. The Kier molecular flexibility index (Phi) is 2.37. The normalized spacial score (nSPS) is 10.3. The van der Waals surface area contributed by atoms with Crippen LogP contribution in [0, 0.1) is 5.82 Å². The van der Waals surface area contributed by atoms with Crippen molar-refractivity contribution in [2.75, 3.05) is 7.11 Å². The van der Waals surface area contributed by atoms with E-state index in [1.807, 2.05) is 0 Å². The van der Waals surface area contributed by atoms with Crippen LogP contribution in [0.15, 0.2) is 36.4 Å². The molecule has 0 radical (unpaired) electrons. The van der Waals surface area contributed by atoms with Crippen molar-refractivity contribution in [3.05, 3.63) is 47.8 Å². The monoisotopic (exact) mass is 204 g/mol. The van der Waals surface area contributed by atoms with E-state index in [-0.39, 0.29) is 5.82 Å². The molecule has 3 heteroatoms. The van der Waals surface area contributed by atoms with E-state index in [1.54, 1.807) is 24.3 Å². The highest BCUT2D eigenvalue weighted by Crippen LogP contribution is 2.19. The van der Waals surface area contributed by atoms with Crippen LogP contribution in [-0.4, -0.2) is 13.1 Å². The topological polar surface area (TPSA) is 26.3 Å². The van der Waals surface area contributed by atoms with Crippen LogP contribution in [0.1, 0.15) is 10.4 Å². The van der Waals surface area contributed by atoms with Gasteiger partial charge in [0.05, 0.1) is 12.7 Å². The third-order valence-corrected chi connectivity index (χ3v) is 2.25. The zero-order chi connectivity index (χ0) is 10.8. The number of rotatable bonds is 1. The highest BCUT2D eigenvalue weighted by molar-refractivity contribution is 5.95. The number of hydrogen-bond donors (Lipinski definition) is 0. The summed E-state index contributed by atoms with van der Waals surface area (Å²) in [5.74, 6) is -0.793. The predicted octanol–water partition coefficient (Wildman–Crippen LogP) is 2.77. The first kappa shape index (κ1) is 9.65. The molecular formula is C12H9FO2. The van der Waals surface area contributed by atoms with Crippen LogP contribution in [0.5, 0.6) is 0 Å². The average Bonchev–Trinajstić information content (AvgIpc) is 2.28. The van der Waals surface area contributed by atoms with Gasteiger partial charge in [0.2, 0.25) is 0 Å². The van der Waals surface area contributed by atoms with E-state index in [4.69, 9.17) is 0 Å². The summed E-state index contributed by atoms with van der Waals surface area (Å²) in [5, 5.41) is 1.20. The smallest absolute Gasteiger partial charge is 0.337 e. The van der Waals surface area contributed by atoms with Crippen molar-refractivity contribution in [1.82, 2.24) is 0 Å². The summed E-state index contributed by atoms with van der Waals surface area (Å²) < 4.78 is 17.9. The quantitative estimate of drug-likeness (QED) is 0.667. The molecule has 0 heterocycles. The van der Waals surface area contributed by atoms with Crippen molar-refractivity contribution in [2.24, 2.45) is 0 Å². The van der Waals surface area contributed by atoms with E-state index in [0.29, 0.717) is 10.9 Å². The first-order valence-corrected chi connectivity index (χ1v) is 4.49. The minimum absolute atomic E-state index is 0.335. The summed E-state index contributed by atoms with van der Waals surface area (Å²) in [5.41, 5.74) is 0.357. The van der Waals surface area contributed by atoms with Crippen molar-refractivity contribution < 1.29 is 13.9 Å². The van der Waals surface area contributed by atoms with E-state index in [2.05, 4.69) is 4.74 Å². The van der Waals surface area contributed by atoms with Crippen LogP contribution in [0.2, 0.25) is 0 Å². The molecule has 0 saturated carbocycles. The molecule has 0 bridgehead atoms. The lowest BCUT2D eigenvalue weighted by molar-refractivity contribution is 0.0601. The van der Waals surface area contributed by atoms with Gasteiger partial charge in [-0.25, -0.2) is 9.18 Å². The molecule has 2 rings (SSSR count). The summed E-state index contributed by atoms with van der Waals surface area (Å²) >= 11 is 0. The standard InChI is InChI=1S/C12H9FO2/c1-15-12(14)9-6-5-8-3-2-4-11(13)10(8)7-9/h2-7H,1H3. The number of benzene rings is 2. The third kappa shape index (κ3) is 1.68. The summed E-state index contributed by atoms with van der Waals surface area (Å²) in [6.45, 7) is 0. The van der Waals surface area contributed by atoms with E-state index in [1.165, 1.54) is 19.2 Å². The molecule has 2 nitrogen and oxygen atoms in total. The number of methoxy groups -OCH3 is 1. The maximum atomic E-state index is 13.4. The van der Waals surface area contributed by atoms with Gasteiger partial charge in [0.25, 0.3) is 0 Å². The van der Waals surface area contributed by atoms with Gasteiger partial charge in [-0.2, -0.15) is 0 Å². The van der Waals surface area contributed by atoms with E-state index < -0.39 is 5.97 Å². The van der Waals surface area contributed by atoms with Gasteiger partial charge in [-0.05, 0) is 23.6 Å². The molecule has 2 aromatic carbocycles. The maximum Gasteiger partial charge on any atom is 0.337 e. The molecule has 0 unspecified atom stereocenters.